The second-order valence-corrected chi connectivity index (χ2v) is 6.69. The molecule has 0 aromatic carbocycles. The third kappa shape index (κ3) is 2.48. The van der Waals surface area contributed by atoms with E-state index in [9.17, 15) is 24.0 Å². The van der Waals surface area contributed by atoms with Crippen molar-refractivity contribution in [3.63, 3.8) is 0 Å². The largest absolute Gasteiger partial charge is 0.476 e. The smallest absolute Gasteiger partial charge is 0.350 e. The monoisotopic (exact) mass is 348 g/mol. The van der Waals surface area contributed by atoms with E-state index in [0.29, 0.717) is 12.8 Å². The minimum Gasteiger partial charge on any atom is -0.476 e. The van der Waals surface area contributed by atoms with E-state index in [2.05, 4.69) is 20.9 Å². The van der Waals surface area contributed by atoms with Crippen LogP contribution >= 0.6 is 0 Å². The zero-order valence-corrected chi connectivity index (χ0v) is 13.1. The molecule has 1 aliphatic carbocycles. The van der Waals surface area contributed by atoms with E-state index < -0.39 is 47.5 Å². The Labute approximate surface area is 141 Å². The number of rotatable bonds is 1. The maximum Gasteiger partial charge on any atom is 0.350 e. The minimum atomic E-state index is -1.22. The van der Waals surface area contributed by atoms with Gasteiger partial charge in [-0.2, -0.15) is 4.99 Å². The van der Waals surface area contributed by atoms with Crippen LogP contribution in [0.2, 0.25) is 0 Å². The normalized spacial score (nSPS) is 35.5. The molecule has 3 fully saturated rings. The number of urea groups is 2. The van der Waals surface area contributed by atoms with Gasteiger partial charge in [-0.25, -0.2) is 9.59 Å². The van der Waals surface area contributed by atoms with Crippen LogP contribution in [-0.4, -0.2) is 41.8 Å². The molecule has 0 radical (unpaired) electrons. The lowest BCUT2D eigenvalue weighted by Crippen LogP contribution is -2.64. The Balaban J connectivity index is 1.78. The van der Waals surface area contributed by atoms with Crippen LogP contribution in [0.1, 0.15) is 25.7 Å². The highest BCUT2D eigenvalue weighted by atomic mass is 16.5. The van der Waals surface area contributed by atoms with E-state index in [-0.39, 0.29) is 17.9 Å². The summed E-state index contributed by atoms with van der Waals surface area (Å²) in [7, 11) is 0. The highest BCUT2D eigenvalue weighted by Crippen LogP contribution is 2.45. The number of hydrogen-bond donors (Lipinski definition) is 3. The average molecular weight is 348 g/mol. The molecule has 4 rings (SSSR count). The van der Waals surface area contributed by atoms with E-state index in [1.165, 1.54) is 0 Å². The molecule has 0 spiro atoms. The molecule has 25 heavy (non-hydrogen) atoms. The molecule has 10 heteroatoms. The van der Waals surface area contributed by atoms with Gasteiger partial charge in [0, 0.05) is 11.8 Å². The summed E-state index contributed by atoms with van der Waals surface area (Å²) >= 11 is 0. The molecule has 2 saturated heterocycles. The summed E-state index contributed by atoms with van der Waals surface area (Å²) in [5, 5.41) is 6.27. The second-order valence-electron chi connectivity index (χ2n) is 6.69. The number of nitrogens with zero attached hydrogens (tertiary/aromatic N) is 1. The summed E-state index contributed by atoms with van der Waals surface area (Å²) < 4.78 is 5.79. The first-order valence-corrected chi connectivity index (χ1v) is 8.21. The molecule has 10 nitrogen and oxygen atoms in total. The average Bonchev–Trinajstić information content (AvgIpc) is 2.52. The Bertz CT molecular complexity index is 712. The molecule has 0 aromatic rings. The van der Waals surface area contributed by atoms with Crippen molar-refractivity contribution in [1.82, 2.24) is 16.0 Å². The van der Waals surface area contributed by atoms with Gasteiger partial charge in [0.1, 0.15) is 17.9 Å². The highest BCUT2D eigenvalue weighted by Gasteiger charge is 2.57. The summed E-state index contributed by atoms with van der Waals surface area (Å²) in [5.74, 6) is -5.33. The fraction of sp³-hybridized carbons (Fsp3) is 0.600. The van der Waals surface area contributed by atoms with Crippen molar-refractivity contribution >= 4 is 35.7 Å². The number of amides is 7. The fourth-order valence-electron chi connectivity index (χ4n) is 4.37. The molecular weight excluding hydrogens is 332 g/mol. The van der Waals surface area contributed by atoms with Crippen molar-refractivity contribution in [2.45, 2.75) is 31.8 Å². The predicted octanol–water partition coefficient (Wildman–Crippen LogP) is -0.562. The van der Waals surface area contributed by atoms with Crippen LogP contribution in [0.25, 0.3) is 0 Å². The van der Waals surface area contributed by atoms with Gasteiger partial charge in [-0.3, -0.25) is 30.3 Å². The highest BCUT2D eigenvalue weighted by molar-refractivity contribution is 6.19. The Morgan fingerprint density at radius 3 is 2.20 bits per heavy atom. The maximum atomic E-state index is 12.4. The first-order valence-electron chi connectivity index (χ1n) is 8.21. The van der Waals surface area contributed by atoms with Crippen molar-refractivity contribution in [3.8, 4) is 0 Å². The fourth-order valence-corrected chi connectivity index (χ4v) is 4.37. The Morgan fingerprint density at radius 2 is 1.48 bits per heavy atom. The summed E-state index contributed by atoms with van der Waals surface area (Å²) in [5.41, 5.74) is 0. The van der Waals surface area contributed by atoms with Gasteiger partial charge < -0.3 is 4.74 Å². The van der Waals surface area contributed by atoms with Crippen LogP contribution in [0.3, 0.4) is 0 Å². The summed E-state index contributed by atoms with van der Waals surface area (Å²) in [6.45, 7) is 0. The SMILES string of the molecule is O=C1N=C2OC3CCCCC3C(C3C(=O)NC(=O)NC3=O)C2C(=O)N1. The van der Waals surface area contributed by atoms with Crippen LogP contribution < -0.4 is 16.0 Å². The number of hydrogen-bond acceptors (Lipinski definition) is 6. The first kappa shape index (κ1) is 15.7. The lowest BCUT2D eigenvalue weighted by molar-refractivity contribution is -0.145. The summed E-state index contributed by atoms with van der Waals surface area (Å²) in [6, 6.07) is -1.70. The Morgan fingerprint density at radius 1 is 0.840 bits per heavy atom. The third-order valence-electron chi connectivity index (χ3n) is 5.32. The molecule has 3 aliphatic heterocycles. The number of imide groups is 3. The Hall–Kier alpha value is -2.78. The summed E-state index contributed by atoms with van der Waals surface area (Å²) in [6.07, 6.45) is 2.86. The molecule has 0 aromatic heterocycles. The van der Waals surface area contributed by atoms with E-state index in [4.69, 9.17) is 4.74 Å². The maximum absolute atomic E-state index is 12.4. The predicted molar refractivity (Wildman–Crippen MR) is 80.0 cm³/mol. The number of barbiturate groups is 1. The number of nitrogens with one attached hydrogen (secondary N) is 3. The number of aliphatic imine (C=N–C) groups is 1. The van der Waals surface area contributed by atoms with E-state index in [0.717, 1.165) is 12.8 Å². The minimum absolute atomic E-state index is 0.0422. The summed E-state index contributed by atoms with van der Waals surface area (Å²) in [4.78, 5) is 63.8. The molecular formula is C15H16N4O6. The van der Waals surface area contributed by atoms with Crippen LogP contribution in [0, 0.1) is 23.7 Å². The molecule has 4 unspecified atom stereocenters. The third-order valence-corrected chi connectivity index (χ3v) is 5.32. The number of fused-ring (bicyclic) bond motifs is 2. The van der Waals surface area contributed by atoms with Gasteiger partial charge in [0.2, 0.25) is 23.6 Å². The molecule has 7 amide bonds. The zero-order chi connectivity index (χ0) is 17.7. The van der Waals surface area contributed by atoms with Crippen LogP contribution in [0.15, 0.2) is 4.99 Å². The van der Waals surface area contributed by atoms with Crippen LogP contribution in [0.5, 0.6) is 0 Å². The molecule has 4 atom stereocenters. The van der Waals surface area contributed by atoms with E-state index in [1.54, 1.807) is 0 Å². The number of carbonyl (C=O) groups excluding carboxylic acids is 5. The second kappa shape index (κ2) is 5.64. The van der Waals surface area contributed by atoms with Gasteiger partial charge >= 0.3 is 12.1 Å². The van der Waals surface area contributed by atoms with Gasteiger partial charge in [-0.15, -0.1) is 0 Å². The molecule has 0 bridgehead atoms. The van der Waals surface area contributed by atoms with E-state index in [1.807, 2.05) is 0 Å². The van der Waals surface area contributed by atoms with Gasteiger partial charge in [-0.05, 0) is 19.3 Å². The van der Waals surface area contributed by atoms with Crippen molar-refractivity contribution in [2.24, 2.45) is 28.7 Å². The van der Waals surface area contributed by atoms with Crippen LogP contribution in [0.4, 0.5) is 9.59 Å². The molecule has 3 N–H and O–H groups in total. The molecule has 3 heterocycles. The number of ether oxygens (including phenoxy) is 1. The quantitative estimate of drug-likeness (QED) is 0.542. The van der Waals surface area contributed by atoms with Gasteiger partial charge in [0.25, 0.3) is 0 Å². The van der Waals surface area contributed by atoms with Crippen molar-refractivity contribution < 1.29 is 28.7 Å². The van der Waals surface area contributed by atoms with Crippen molar-refractivity contribution in [2.75, 3.05) is 0 Å². The van der Waals surface area contributed by atoms with E-state index >= 15 is 0 Å². The topological polar surface area (TPSA) is 143 Å². The van der Waals surface area contributed by atoms with Gasteiger partial charge in [0.15, 0.2) is 0 Å². The molecule has 4 aliphatic rings. The van der Waals surface area contributed by atoms with Gasteiger partial charge in [-0.1, -0.05) is 6.42 Å². The lowest BCUT2D eigenvalue weighted by Gasteiger charge is -2.48. The molecule has 1 saturated carbocycles. The van der Waals surface area contributed by atoms with Crippen molar-refractivity contribution in [1.29, 1.82) is 0 Å². The van der Waals surface area contributed by atoms with Gasteiger partial charge in [0.05, 0.1) is 0 Å². The lowest BCUT2D eigenvalue weighted by atomic mass is 9.64. The standard InChI is InChI=1S/C15H16N4O6/c20-10-8(11(21)17-14(23)16-10)7-5-3-1-2-4-6(5)25-13-9(7)12(22)18-15(24)19-13/h5-9H,1-4H2,(H,18,22,24)(H2,16,17,20,21,23). The van der Waals surface area contributed by atoms with Crippen molar-refractivity contribution in [3.05, 3.63) is 0 Å². The van der Waals surface area contributed by atoms with Crippen LogP contribution in [-0.2, 0) is 19.1 Å². The Kier molecular flexibility index (Phi) is 3.55. The first-order chi connectivity index (χ1) is 12.0. The zero-order valence-electron chi connectivity index (χ0n) is 13.1. The molecule has 132 valence electrons. The number of carbonyl (C=O) groups is 5.